The first-order chi connectivity index (χ1) is 7.53. The predicted octanol–water partition coefficient (Wildman–Crippen LogP) is 1.66. The number of para-hydroxylation sites is 1. The molecule has 0 unspecified atom stereocenters. The lowest BCUT2D eigenvalue weighted by atomic mass is 10.3. The Bertz CT molecular complexity index is 496. The molecule has 88 valence electrons. The predicted molar refractivity (Wildman–Crippen MR) is 71.6 cm³/mol. The monoisotopic (exact) mass is 352 g/mol. The highest BCUT2D eigenvalue weighted by atomic mass is 127. The summed E-state index contributed by atoms with van der Waals surface area (Å²) in [6.07, 6.45) is 1.87. The Morgan fingerprint density at radius 3 is 2.50 bits per heavy atom. The molecule has 0 amide bonds. The molecule has 1 aromatic carbocycles. The van der Waals surface area contributed by atoms with Gasteiger partial charge in [-0.2, -0.15) is 4.31 Å². The molecule has 4 nitrogen and oxygen atoms in total. The first-order valence-electron chi connectivity index (χ1n) is 5.07. The number of halogens is 1. The normalized spacial score (nSPS) is 17.8. The van der Waals surface area contributed by atoms with Gasteiger partial charge in [0.15, 0.2) is 0 Å². The van der Waals surface area contributed by atoms with E-state index in [1.54, 1.807) is 18.2 Å². The summed E-state index contributed by atoms with van der Waals surface area (Å²) in [6, 6.07) is 5.10. The smallest absolute Gasteiger partial charge is 0.245 e. The van der Waals surface area contributed by atoms with E-state index < -0.39 is 10.0 Å². The summed E-state index contributed by atoms with van der Waals surface area (Å²) in [6.45, 7) is 1.21. The van der Waals surface area contributed by atoms with Crippen molar-refractivity contribution in [1.82, 2.24) is 4.31 Å². The molecule has 2 rings (SSSR count). The first kappa shape index (κ1) is 12.1. The third-order valence-electron chi connectivity index (χ3n) is 2.70. The molecular formula is C10H13IN2O2S. The molecule has 0 bridgehead atoms. The number of anilines is 1. The fraction of sp³-hybridized carbons (Fsp3) is 0.400. The summed E-state index contributed by atoms with van der Waals surface area (Å²) in [7, 11) is -3.39. The van der Waals surface area contributed by atoms with E-state index in [4.69, 9.17) is 5.73 Å². The van der Waals surface area contributed by atoms with Crippen LogP contribution < -0.4 is 5.73 Å². The van der Waals surface area contributed by atoms with Crippen LogP contribution in [0.2, 0.25) is 0 Å². The Balaban J connectivity index is 2.47. The fourth-order valence-electron chi connectivity index (χ4n) is 1.81. The van der Waals surface area contributed by atoms with Gasteiger partial charge in [-0.15, -0.1) is 0 Å². The van der Waals surface area contributed by atoms with Gasteiger partial charge in [0.05, 0.1) is 5.69 Å². The SMILES string of the molecule is Nc1c(I)cccc1S(=O)(=O)N1CCCC1. The molecule has 0 radical (unpaired) electrons. The van der Waals surface area contributed by atoms with Crippen molar-refractivity contribution in [3.8, 4) is 0 Å². The third kappa shape index (κ3) is 2.05. The molecule has 1 heterocycles. The van der Waals surface area contributed by atoms with Gasteiger partial charge >= 0.3 is 0 Å². The van der Waals surface area contributed by atoms with Crippen LogP contribution in [0.15, 0.2) is 23.1 Å². The van der Waals surface area contributed by atoms with Gasteiger partial charge in [0.25, 0.3) is 0 Å². The second-order valence-corrected chi connectivity index (χ2v) is 6.83. The van der Waals surface area contributed by atoms with Crippen LogP contribution >= 0.6 is 22.6 Å². The average Bonchev–Trinajstić information content (AvgIpc) is 2.75. The highest BCUT2D eigenvalue weighted by Crippen LogP contribution is 2.28. The summed E-state index contributed by atoms with van der Waals surface area (Å²) in [5.74, 6) is 0. The van der Waals surface area contributed by atoms with Crippen molar-refractivity contribution >= 4 is 38.3 Å². The van der Waals surface area contributed by atoms with Gasteiger partial charge < -0.3 is 5.73 Å². The summed E-state index contributed by atoms with van der Waals surface area (Å²) < 4.78 is 26.8. The van der Waals surface area contributed by atoms with E-state index >= 15 is 0 Å². The summed E-state index contributed by atoms with van der Waals surface area (Å²) in [4.78, 5) is 0.237. The molecule has 0 atom stereocenters. The standard InChI is InChI=1S/C10H13IN2O2S/c11-8-4-3-5-9(10(8)12)16(14,15)13-6-1-2-7-13/h3-5H,1-2,6-7,12H2. The molecule has 1 saturated heterocycles. The molecule has 16 heavy (non-hydrogen) atoms. The van der Waals surface area contributed by atoms with E-state index in [0.29, 0.717) is 18.8 Å². The molecule has 1 aliphatic heterocycles. The Kier molecular flexibility index (Phi) is 3.41. The number of nitrogen functional groups attached to an aromatic ring is 1. The topological polar surface area (TPSA) is 63.4 Å². The summed E-state index contributed by atoms with van der Waals surface area (Å²) in [5, 5.41) is 0. The van der Waals surface area contributed by atoms with Crippen LogP contribution in [0.1, 0.15) is 12.8 Å². The van der Waals surface area contributed by atoms with Gasteiger partial charge in [0.2, 0.25) is 10.0 Å². The van der Waals surface area contributed by atoms with Crippen molar-refractivity contribution in [1.29, 1.82) is 0 Å². The van der Waals surface area contributed by atoms with Crippen LogP contribution in [0, 0.1) is 3.57 Å². The Hall–Kier alpha value is -0.340. The van der Waals surface area contributed by atoms with Crippen LogP contribution in [-0.4, -0.2) is 25.8 Å². The molecule has 0 aliphatic carbocycles. The summed E-state index contributed by atoms with van der Waals surface area (Å²) >= 11 is 2.05. The lowest BCUT2D eigenvalue weighted by Crippen LogP contribution is -2.28. The van der Waals surface area contributed by atoms with Crippen LogP contribution in [0.4, 0.5) is 5.69 Å². The Morgan fingerprint density at radius 1 is 1.25 bits per heavy atom. The highest BCUT2D eigenvalue weighted by molar-refractivity contribution is 14.1. The Morgan fingerprint density at radius 2 is 1.88 bits per heavy atom. The zero-order valence-electron chi connectivity index (χ0n) is 8.69. The number of nitrogens with two attached hydrogens (primary N) is 1. The second kappa shape index (κ2) is 4.50. The Labute approximate surface area is 109 Å². The number of benzene rings is 1. The minimum Gasteiger partial charge on any atom is -0.397 e. The number of nitrogens with zero attached hydrogens (tertiary/aromatic N) is 1. The summed E-state index contributed by atoms with van der Waals surface area (Å²) in [5.41, 5.74) is 6.18. The van der Waals surface area contributed by atoms with Gasteiger partial charge in [-0.05, 0) is 47.6 Å². The van der Waals surface area contributed by atoms with Crippen molar-refractivity contribution in [2.75, 3.05) is 18.8 Å². The highest BCUT2D eigenvalue weighted by Gasteiger charge is 2.29. The molecule has 2 N–H and O–H groups in total. The first-order valence-corrected chi connectivity index (χ1v) is 7.59. The second-order valence-electron chi connectivity index (χ2n) is 3.76. The molecule has 1 aromatic rings. The minimum absolute atomic E-state index is 0.237. The lowest BCUT2D eigenvalue weighted by molar-refractivity contribution is 0.478. The zero-order valence-corrected chi connectivity index (χ0v) is 11.7. The minimum atomic E-state index is -3.39. The molecule has 0 aromatic heterocycles. The van der Waals surface area contributed by atoms with E-state index in [0.717, 1.165) is 16.4 Å². The van der Waals surface area contributed by atoms with Crippen LogP contribution in [0.25, 0.3) is 0 Å². The molecule has 1 fully saturated rings. The average molecular weight is 352 g/mol. The van der Waals surface area contributed by atoms with Crippen molar-refractivity contribution in [2.45, 2.75) is 17.7 Å². The van der Waals surface area contributed by atoms with E-state index in [1.807, 2.05) is 22.6 Å². The maximum absolute atomic E-state index is 12.3. The number of hydrogen-bond acceptors (Lipinski definition) is 3. The maximum Gasteiger partial charge on any atom is 0.245 e. The van der Waals surface area contributed by atoms with Crippen molar-refractivity contribution in [3.63, 3.8) is 0 Å². The molecule has 6 heteroatoms. The quantitative estimate of drug-likeness (QED) is 0.651. The van der Waals surface area contributed by atoms with Crippen molar-refractivity contribution in [3.05, 3.63) is 21.8 Å². The molecule has 0 saturated carbocycles. The fourth-order valence-corrected chi connectivity index (χ4v) is 4.15. The number of sulfonamides is 1. The van der Waals surface area contributed by atoms with Gasteiger partial charge in [-0.1, -0.05) is 6.07 Å². The van der Waals surface area contributed by atoms with Crippen molar-refractivity contribution < 1.29 is 8.42 Å². The van der Waals surface area contributed by atoms with Gasteiger partial charge in [-0.3, -0.25) is 0 Å². The van der Waals surface area contributed by atoms with Crippen LogP contribution in [0.3, 0.4) is 0 Å². The molecular weight excluding hydrogens is 339 g/mol. The largest absolute Gasteiger partial charge is 0.397 e. The van der Waals surface area contributed by atoms with E-state index in [1.165, 1.54) is 4.31 Å². The maximum atomic E-state index is 12.3. The third-order valence-corrected chi connectivity index (χ3v) is 5.59. The van der Waals surface area contributed by atoms with Crippen LogP contribution in [-0.2, 0) is 10.0 Å². The van der Waals surface area contributed by atoms with Gasteiger partial charge in [0, 0.05) is 16.7 Å². The van der Waals surface area contributed by atoms with E-state index in [2.05, 4.69) is 0 Å². The number of hydrogen-bond donors (Lipinski definition) is 1. The van der Waals surface area contributed by atoms with Gasteiger partial charge in [0.1, 0.15) is 4.90 Å². The van der Waals surface area contributed by atoms with E-state index in [-0.39, 0.29) is 4.90 Å². The molecule has 1 aliphatic rings. The number of rotatable bonds is 2. The van der Waals surface area contributed by atoms with Gasteiger partial charge in [-0.25, -0.2) is 8.42 Å². The van der Waals surface area contributed by atoms with Crippen molar-refractivity contribution in [2.24, 2.45) is 0 Å². The lowest BCUT2D eigenvalue weighted by Gasteiger charge is -2.17. The molecule has 0 spiro atoms. The van der Waals surface area contributed by atoms with E-state index in [9.17, 15) is 8.42 Å². The van der Waals surface area contributed by atoms with Crippen LogP contribution in [0.5, 0.6) is 0 Å². The zero-order chi connectivity index (χ0) is 11.8.